The van der Waals surface area contributed by atoms with Crippen LogP contribution in [0.5, 0.6) is 0 Å². The highest BCUT2D eigenvalue weighted by Crippen LogP contribution is 2.31. The van der Waals surface area contributed by atoms with E-state index >= 15 is 0 Å². The molecule has 3 aromatic rings. The molecule has 0 unspecified atom stereocenters. The Bertz CT molecular complexity index is 1080. The van der Waals surface area contributed by atoms with Crippen LogP contribution in [0.25, 0.3) is 11.1 Å². The largest absolute Gasteiger partial charge is 0.307 e. The zero-order valence-electron chi connectivity index (χ0n) is 13.7. The molecule has 1 N–H and O–H groups in total. The molecule has 1 amide bonds. The molecule has 0 aliphatic heterocycles. The molecule has 0 saturated heterocycles. The van der Waals surface area contributed by atoms with Crippen molar-refractivity contribution in [1.29, 1.82) is 5.26 Å². The lowest BCUT2D eigenvalue weighted by Crippen LogP contribution is -2.12. The Labute approximate surface area is 159 Å². The summed E-state index contributed by atoms with van der Waals surface area (Å²) in [6.07, 6.45) is 1.41. The summed E-state index contributed by atoms with van der Waals surface area (Å²) in [6, 6.07) is 15.6. The minimum atomic E-state index is -0.555. The van der Waals surface area contributed by atoms with Crippen LogP contribution in [0.4, 0.5) is 11.5 Å². The summed E-state index contributed by atoms with van der Waals surface area (Å²) < 4.78 is 0. The number of anilines is 1. The first-order chi connectivity index (χ1) is 13.0. The Morgan fingerprint density at radius 1 is 1.19 bits per heavy atom. The van der Waals surface area contributed by atoms with Gasteiger partial charge in [0.2, 0.25) is 0 Å². The molecular formula is C19H11ClN4O3. The number of halogens is 1. The molecule has 1 aromatic heterocycles. The van der Waals surface area contributed by atoms with Crippen molar-refractivity contribution >= 4 is 29.0 Å². The highest BCUT2D eigenvalue weighted by atomic mass is 35.5. The molecule has 1 heterocycles. The van der Waals surface area contributed by atoms with Crippen molar-refractivity contribution in [2.75, 3.05) is 5.32 Å². The standard InChI is InChI=1S/C19H11ClN4O3/c20-15-5-7-18(22-11-15)23-19(25)14-3-1-2-13(9-14)16-6-4-12(10-21)8-17(16)24(26)27/h1-9,11H,(H,22,23,25). The molecule has 0 spiro atoms. The third kappa shape index (κ3) is 4.08. The molecule has 2 aromatic carbocycles. The van der Waals surface area contributed by atoms with Gasteiger partial charge in [0.05, 0.1) is 27.1 Å². The number of nitrogens with one attached hydrogen (secondary N) is 1. The molecule has 132 valence electrons. The number of aromatic nitrogens is 1. The predicted molar refractivity (Wildman–Crippen MR) is 100 cm³/mol. The van der Waals surface area contributed by atoms with Crippen molar-refractivity contribution in [3.8, 4) is 17.2 Å². The minimum Gasteiger partial charge on any atom is -0.307 e. The molecule has 0 aliphatic rings. The monoisotopic (exact) mass is 378 g/mol. The Kier molecular flexibility index (Phi) is 5.11. The second kappa shape index (κ2) is 7.64. The molecule has 8 heteroatoms. The van der Waals surface area contributed by atoms with E-state index in [9.17, 15) is 14.9 Å². The lowest BCUT2D eigenvalue weighted by molar-refractivity contribution is -0.384. The number of nitro benzene ring substituents is 1. The third-order valence-electron chi connectivity index (χ3n) is 3.73. The van der Waals surface area contributed by atoms with Crippen LogP contribution in [0.1, 0.15) is 15.9 Å². The molecule has 0 fully saturated rings. The molecule has 0 aliphatic carbocycles. The predicted octanol–water partition coefficient (Wildman–Crippen LogP) is 4.43. The number of carbonyl (C=O) groups excluding carboxylic acids is 1. The Morgan fingerprint density at radius 2 is 2.00 bits per heavy atom. The number of hydrogen-bond donors (Lipinski definition) is 1. The third-order valence-corrected chi connectivity index (χ3v) is 3.95. The van der Waals surface area contributed by atoms with E-state index in [1.165, 1.54) is 24.4 Å². The van der Waals surface area contributed by atoms with Gasteiger partial charge in [0.1, 0.15) is 5.82 Å². The summed E-state index contributed by atoms with van der Waals surface area (Å²) in [5, 5.41) is 23.4. The highest BCUT2D eigenvalue weighted by Gasteiger charge is 2.17. The number of nitriles is 1. The highest BCUT2D eigenvalue weighted by molar-refractivity contribution is 6.30. The molecule has 3 rings (SSSR count). The van der Waals surface area contributed by atoms with Gasteiger partial charge in [-0.25, -0.2) is 4.98 Å². The van der Waals surface area contributed by atoms with Gasteiger partial charge in [-0.05, 0) is 42.0 Å². The van der Waals surface area contributed by atoms with Gasteiger partial charge < -0.3 is 5.32 Å². The first kappa shape index (κ1) is 18.0. The number of pyridine rings is 1. The maximum atomic E-state index is 12.4. The smallest absolute Gasteiger partial charge is 0.278 e. The van der Waals surface area contributed by atoms with Gasteiger partial charge in [0.15, 0.2) is 0 Å². The number of amides is 1. The van der Waals surface area contributed by atoms with Gasteiger partial charge >= 0.3 is 0 Å². The zero-order valence-corrected chi connectivity index (χ0v) is 14.5. The normalized spacial score (nSPS) is 10.1. The Hall–Kier alpha value is -3.76. The number of nitro groups is 1. The van der Waals surface area contributed by atoms with E-state index in [0.29, 0.717) is 27.5 Å². The number of carbonyl (C=O) groups is 1. The fourth-order valence-corrected chi connectivity index (χ4v) is 2.57. The first-order valence-corrected chi connectivity index (χ1v) is 8.07. The summed E-state index contributed by atoms with van der Waals surface area (Å²) in [7, 11) is 0. The maximum Gasteiger partial charge on any atom is 0.278 e. The van der Waals surface area contributed by atoms with Crippen molar-refractivity contribution in [1.82, 2.24) is 4.98 Å². The lowest BCUT2D eigenvalue weighted by atomic mass is 9.99. The van der Waals surface area contributed by atoms with E-state index in [-0.39, 0.29) is 11.3 Å². The zero-order chi connectivity index (χ0) is 19.4. The average Bonchev–Trinajstić information content (AvgIpc) is 2.69. The summed E-state index contributed by atoms with van der Waals surface area (Å²) in [4.78, 5) is 27.2. The van der Waals surface area contributed by atoms with Crippen molar-refractivity contribution in [3.63, 3.8) is 0 Å². The van der Waals surface area contributed by atoms with E-state index in [1.54, 1.807) is 36.4 Å². The SMILES string of the molecule is N#Cc1ccc(-c2cccc(C(=O)Nc3ccc(Cl)cn3)c2)c([N+](=O)[O-])c1. The van der Waals surface area contributed by atoms with Crippen LogP contribution in [0.2, 0.25) is 5.02 Å². The molecule has 27 heavy (non-hydrogen) atoms. The quantitative estimate of drug-likeness (QED) is 0.533. The molecule has 0 atom stereocenters. The summed E-state index contributed by atoms with van der Waals surface area (Å²) >= 11 is 5.77. The number of nitrogens with zero attached hydrogens (tertiary/aromatic N) is 3. The maximum absolute atomic E-state index is 12.4. The number of benzene rings is 2. The van der Waals surface area contributed by atoms with Gasteiger partial charge in [-0.3, -0.25) is 14.9 Å². The van der Waals surface area contributed by atoms with Crippen LogP contribution in [0.15, 0.2) is 60.8 Å². The van der Waals surface area contributed by atoms with Crippen LogP contribution in [-0.2, 0) is 0 Å². The number of rotatable bonds is 4. The summed E-state index contributed by atoms with van der Waals surface area (Å²) in [5.74, 6) is -0.0814. The average molecular weight is 379 g/mol. The first-order valence-electron chi connectivity index (χ1n) is 7.70. The van der Waals surface area contributed by atoms with Gasteiger partial charge in [-0.15, -0.1) is 0 Å². The minimum absolute atomic E-state index is 0.188. The molecule has 0 radical (unpaired) electrons. The summed E-state index contributed by atoms with van der Waals surface area (Å²) in [5.41, 5.74) is 1.10. The van der Waals surface area contributed by atoms with Crippen LogP contribution in [0.3, 0.4) is 0 Å². The van der Waals surface area contributed by atoms with E-state index in [1.807, 2.05) is 6.07 Å². The molecule has 0 bridgehead atoms. The Morgan fingerprint density at radius 3 is 2.67 bits per heavy atom. The fraction of sp³-hybridized carbons (Fsp3) is 0. The van der Waals surface area contributed by atoms with E-state index in [2.05, 4.69) is 10.3 Å². The van der Waals surface area contributed by atoms with Gasteiger partial charge in [-0.2, -0.15) is 5.26 Å². The van der Waals surface area contributed by atoms with Crippen molar-refractivity contribution in [3.05, 3.63) is 87.1 Å². The van der Waals surface area contributed by atoms with Crippen molar-refractivity contribution in [2.24, 2.45) is 0 Å². The van der Waals surface area contributed by atoms with E-state index in [0.717, 1.165) is 0 Å². The molecular weight excluding hydrogens is 368 g/mol. The molecule has 7 nitrogen and oxygen atoms in total. The summed E-state index contributed by atoms with van der Waals surface area (Å²) in [6.45, 7) is 0. The van der Waals surface area contributed by atoms with Crippen LogP contribution >= 0.6 is 11.6 Å². The van der Waals surface area contributed by atoms with Crippen LogP contribution < -0.4 is 5.32 Å². The van der Waals surface area contributed by atoms with Crippen molar-refractivity contribution in [2.45, 2.75) is 0 Å². The fourth-order valence-electron chi connectivity index (χ4n) is 2.46. The van der Waals surface area contributed by atoms with Crippen LogP contribution in [0, 0.1) is 21.4 Å². The topological polar surface area (TPSA) is 109 Å². The van der Waals surface area contributed by atoms with Crippen molar-refractivity contribution < 1.29 is 9.72 Å². The Balaban J connectivity index is 1.94. The van der Waals surface area contributed by atoms with Gasteiger partial charge in [0, 0.05) is 17.8 Å². The van der Waals surface area contributed by atoms with E-state index in [4.69, 9.17) is 16.9 Å². The molecule has 0 saturated carbocycles. The lowest BCUT2D eigenvalue weighted by Gasteiger charge is -2.08. The van der Waals surface area contributed by atoms with Gasteiger partial charge in [0.25, 0.3) is 11.6 Å². The number of hydrogen-bond acceptors (Lipinski definition) is 5. The van der Waals surface area contributed by atoms with Gasteiger partial charge in [-0.1, -0.05) is 23.7 Å². The van der Waals surface area contributed by atoms with E-state index < -0.39 is 10.8 Å². The van der Waals surface area contributed by atoms with Crippen LogP contribution in [-0.4, -0.2) is 15.8 Å². The second-order valence-corrected chi connectivity index (χ2v) is 5.93. The second-order valence-electron chi connectivity index (χ2n) is 5.50.